The first-order valence-corrected chi connectivity index (χ1v) is 8.77. The van der Waals surface area contributed by atoms with Crippen LogP contribution in [0.4, 0.5) is 5.82 Å². The average Bonchev–Trinajstić information content (AvgIpc) is 2.88. The van der Waals surface area contributed by atoms with Crippen LogP contribution < -0.4 is 5.32 Å². The molecule has 1 N–H and O–H groups in total. The van der Waals surface area contributed by atoms with Gasteiger partial charge in [-0.2, -0.15) is 0 Å². The molecular weight excluding hydrogens is 326 g/mol. The first kappa shape index (κ1) is 16.6. The van der Waals surface area contributed by atoms with Crippen LogP contribution in [0.3, 0.4) is 0 Å². The molecule has 0 saturated carbocycles. The maximum atomic E-state index is 12.4. The molecule has 0 spiro atoms. The highest BCUT2D eigenvalue weighted by Gasteiger charge is 2.22. The van der Waals surface area contributed by atoms with Crippen molar-refractivity contribution in [1.29, 1.82) is 0 Å². The van der Waals surface area contributed by atoms with E-state index in [1.165, 1.54) is 11.2 Å². The van der Waals surface area contributed by atoms with Crippen molar-refractivity contribution in [3.8, 4) is 0 Å². The lowest BCUT2D eigenvalue weighted by atomic mass is 10.2. The summed E-state index contributed by atoms with van der Waals surface area (Å²) in [5.41, 5.74) is 1.15. The molecule has 0 unspecified atom stereocenters. The van der Waals surface area contributed by atoms with Crippen LogP contribution in [0.2, 0.25) is 0 Å². The molecule has 1 fully saturated rings. The van der Waals surface area contributed by atoms with E-state index in [-0.39, 0.29) is 18.4 Å². The number of hydrogen-bond acceptors (Lipinski definition) is 6. The summed E-state index contributed by atoms with van der Waals surface area (Å²) >= 11 is 1.63. The first-order chi connectivity index (χ1) is 11.5. The second kappa shape index (κ2) is 6.72. The molecule has 24 heavy (non-hydrogen) atoms. The number of nitrogens with zero attached hydrogens (tertiary/aromatic N) is 4. The Morgan fingerprint density at radius 3 is 2.50 bits per heavy atom. The zero-order valence-corrected chi connectivity index (χ0v) is 14.9. The largest absolute Gasteiger partial charge is 0.360 e. The van der Waals surface area contributed by atoms with E-state index in [1.807, 2.05) is 6.92 Å². The molecule has 128 valence electrons. The quantitative estimate of drug-likeness (QED) is 0.908. The number of rotatable bonds is 3. The SMILES string of the molecule is CC(=O)N1CCN(C(=O)CNc2ncnc3sc(C)c(C)c23)CC1. The van der Waals surface area contributed by atoms with E-state index in [9.17, 15) is 9.59 Å². The molecular formula is C16H21N5O2S. The zero-order valence-electron chi connectivity index (χ0n) is 14.1. The summed E-state index contributed by atoms with van der Waals surface area (Å²) < 4.78 is 0. The van der Waals surface area contributed by atoms with Crippen LogP contribution >= 0.6 is 11.3 Å². The van der Waals surface area contributed by atoms with Crippen molar-refractivity contribution in [1.82, 2.24) is 19.8 Å². The van der Waals surface area contributed by atoms with Gasteiger partial charge in [-0.25, -0.2) is 9.97 Å². The lowest BCUT2D eigenvalue weighted by molar-refractivity contribution is -0.137. The lowest BCUT2D eigenvalue weighted by Gasteiger charge is -2.34. The minimum absolute atomic E-state index is 0.0227. The highest BCUT2D eigenvalue weighted by atomic mass is 32.1. The molecule has 2 aromatic heterocycles. The molecule has 0 atom stereocenters. The van der Waals surface area contributed by atoms with Crippen LogP contribution in [0.1, 0.15) is 17.4 Å². The van der Waals surface area contributed by atoms with Gasteiger partial charge in [-0.1, -0.05) is 0 Å². The number of carbonyl (C=O) groups excluding carboxylic acids is 2. The number of hydrogen-bond donors (Lipinski definition) is 1. The smallest absolute Gasteiger partial charge is 0.242 e. The highest BCUT2D eigenvalue weighted by molar-refractivity contribution is 7.18. The van der Waals surface area contributed by atoms with E-state index in [2.05, 4.69) is 22.2 Å². The molecule has 0 aliphatic carbocycles. The van der Waals surface area contributed by atoms with Crippen LogP contribution in [0.5, 0.6) is 0 Å². The fourth-order valence-electron chi connectivity index (χ4n) is 2.86. The van der Waals surface area contributed by atoms with Crippen LogP contribution in [0, 0.1) is 13.8 Å². The van der Waals surface area contributed by atoms with Gasteiger partial charge in [0, 0.05) is 38.0 Å². The van der Waals surface area contributed by atoms with Gasteiger partial charge < -0.3 is 15.1 Å². The van der Waals surface area contributed by atoms with Crippen molar-refractivity contribution in [3.05, 3.63) is 16.8 Å². The summed E-state index contributed by atoms with van der Waals surface area (Å²) in [5, 5.41) is 4.15. The molecule has 0 radical (unpaired) electrons. The van der Waals surface area contributed by atoms with Crippen LogP contribution in [0.25, 0.3) is 10.2 Å². The monoisotopic (exact) mass is 347 g/mol. The Hall–Kier alpha value is -2.22. The number of carbonyl (C=O) groups is 2. The Bertz CT molecular complexity index is 780. The topological polar surface area (TPSA) is 78.4 Å². The summed E-state index contributed by atoms with van der Waals surface area (Å²) in [6, 6.07) is 0. The van der Waals surface area contributed by atoms with Gasteiger partial charge >= 0.3 is 0 Å². The molecule has 2 aromatic rings. The number of piperazine rings is 1. The van der Waals surface area contributed by atoms with Gasteiger partial charge in [-0.15, -0.1) is 11.3 Å². The fourth-order valence-corrected chi connectivity index (χ4v) is 3.86. The van der Waals surface area contributed by atoms with Crippen LogP contribution in [0.15, 0.2) is 6.33 Å². The third-order valence-electron chi connectivity index (χ3n) is 4.45. The van der Waals surface area contributed by atoms with E-state index in [4.69, 9.17) is 0 Å². The fraction of sp³-hybridized carbons (Fsp3) is 0.500. The Morgan fingerprint density at radius 2 is 1.83 bits per heavy atom. The minimum atomic E-state index is 0.0227. The Morgan fingerprint density at radius 1 is 1.17 bits per heavy atom. The summed E-state index contributed by atoms with van der Waals surface area (Å²) in [6.45, 7) is 8.22. The Kier molecular flexibility index (Phi) is 4.66. The normalized spacial score (nSPS) is 15.0. The molecule has 1 aliphatic rings. The second-order valence-electron chi connectivity index (χ2n) is 5.93. The van der Waals surface area contributed by atoms with E-state index in [0.717, 1.165) is 15.8 Å². The van der Waals surface area contributed by atoms with E-state index in [1.54, 1.807) is 28.1 Å². The van der Waals surface area contributed by atoms with Crippen LogP contribution in [-0.2, 0) is 9.59 Å². The predicted octanol–water partition coefficient (Wildman–Crippen LogP) is 1.41. The third-order valence-corrected chi connectivity index (χ3v) is 5.57. The summed E-state index contributed by atoms with van der Waals surface area (Å²) in [7, 11) is 0. The second-order valence-corrected chi connectivity index (χ2v) is 7.13. The number of aromatic nitrogens is 2. The molecule has 0 aromatic carbocycles. The molecule has 8 heteroatoms. The van der Waals surface area contributed by atoms with E-state index >= 15 is 0 Å². The highest BCUT2D eigenvalue weighted by Crippen LogP contribution is 2.32. The van der Waals surface area contributed by atoms with Gasteiger partial charge in [-0.05, 0) is 19.4 Å². The van der Waals surface area contributed by atoms with Gasteiger partial charge in [0.05, 0.1) is 11.9 Å². The average molecular weight is 347 g/mol. The molecule has 0 bridgehead atoms. The van der Waals surface area contributed by atoms with Crippen molar-refractivity contribution >= 4 is 39.2 Å². The number of amides is 2. The Labute approximate surface area is 144 Å². The molecule has 3 heterocycles. The third kappa shape index (κ3) is 3.19. The summed E-state index contributed by atoms with van der Waals surface area (Å²) in [4.78, 5) is 38.0. The van der Waals surface area contributed by atoms with Gasteiger partial charge in [0.2, 0.25) is 11.8 Å². The molecule has 7 nitrogen and oxygen atoms in total. The van der Waals surface area contributed by atoms with Gasteiger partial charge in [0.15, 0.2) is 0 Å². The summed E-state index contributed by atoms with van der Waals surface area (Å²) in [6.07, 6.45) is 1.52. The maximum absolute atomic E-state index is 12.4. The molecule has 2 amide bonds. The predicted molar refractivity (Wildman–Crippen MR) is 94.2 cm³/mol. The van der Waals surface area contributed by atoms with E-state index < -0.39 is 0 Å². The number of nitrogens with one attached hydrogen (secondary N) is 1. The molecule has 3 rings (SSSR count). The summed E-state index contributed by atoms with van der Waals surface area (Å²) in [5.74, 6) is 0.791. The van der Waals surface area contributed by atoms with Crippen LogP contribution in [-0.4, -0.2) is 64.3 Å². The zero-order chi connectivity index (χ0) is 17.3. The Balaban J connectivity index is 1.64. The van der Waals surface area contributed by atoms with Crippen molar-refractivity contribution in [2.45, 2.75) is 20.8 Å². The number of fused-ring (bicyclic) bond motifs is 1. The van der Waals surface area contributed by atoms with Gasteiger partial charge in [0.25, 0.3) is 0 Å². The van der Waals surface area contributed by atoms with Crippen molar-refractivity contribution in [3.63, 3.8) is 0 Å². The lowest BCUT2D eigenvalue weighted by Crippen LogP contribution is -2.51. The minimum Gasteiger partial charge on any atom is -0.360 e. The standard InChI is InChI=1S/C16H21N5O2S/c1-10-11(2)24-16-14(10)15(18-9-19-16)17-8-13(23)21-6-4-20(5-7-21)12(3)22/h9H,4-8H2,1-3H3,(H,17,18,19). The molecule has 1 aliphatic heterocycles. The van der Waals surface area contributed by atoms with Gasteiger partial charge in [0.1, 0.15) is 17.0 Å². The number of anilines is 1. The number of aryl methyl sites for hydroxylation is 2. The van der Waals surface area contributed by atoms with Crippen molar-refractivity contribution in [2.75, 3.05) is 38.0 Å². The van der Waals surface area contributed by atoms with E-state index in [0.29, 0.717) is 32.0 Å². The van der Waals surface area contributed by atoms with Gasteiger partial charge in [-0.3, -0.25) is 9.59 Å². The van der Waals surface area contributed by atoms with Crippen molar-refractivity contribution in [2.24, 2.45) is 0 Å². The first-order valence-electron chi connectivity index (χ1n) is 7.95. The van der Waals surface area contributed by atoms with Crippen molar-refractivity contribution < 1.29 is 9.59 Å². The number of thiophene rings is 1. The maximum Gasteiger partial charge on any atom is 0.242 e. The molecule has 1 saturated heterocycles.